The summed E-state index contributed by atoms with van der Waals surface area (Å²) in [6.45, 7) is 0. The molecule has 0 bridgehead atoms. The normalized spacial score (nSPS) is 9.87. The van der Waals surface area contributed by atoms with E-state index in [1.165, 1.54) is 6.20 Å². The molecular weight excluding hydrogens is 188 g/mol. The van der Waals surface area contributed by atoms with Crippen molar-refractivity contribution in [3.8, 4) is 11.3 Å². The maximum absolute atomic E-state index is 10.7. The van der Waals surface area contributed by atoms with E-state index in [0.717, 1.165) is 17.5 Å². The average molecular weight is 198 g/mol. The van der Waals surface area contributed by atoms with Crippen molar-refractivity contribution >= 4 is 12.0 Å². The van der Waals surface area contributed by atoms with Gasteiger partial charge in [-0.3, -0.25) is 9.78 Å². The molecule has 15 heavy (non-hydrogen) atoms. The summed E-state index contributed by atoms with van der Waals surface area (Å²) in [6, 6.07) is 11.3. The van der Waals surface area contributed by atoms with E-state index >= 15 is 0 Å². The molecule has 0 atom stereocenters. The number of anilines is 1. The van der Waals surface area contributed by atoms with Crippen molar-refractivity contribution in [1.82, 2.24) is 4.98 Å². The fourth-order valence-electron chi connectivity index (χ4n) is 1.35. The highest BCUT2D eigenvalue weighted by Crippen LogP contribution is 2.19. The van der Waals surface area contributed by atoms with Gasteiger partial charge < -0.3 is 5.73 Å². The lowest BCUT2D eigenvalue weighted by molar-refractivity contribution is 0.112. The van der Waals surface area contributed by atoms with Crippen molar-refractivity contribution in [2.75, 3.05) is 5.73 Å². The van der Waals surface area contributed by atoms with Crippen molar-refractivity contribution in [3.63, 3.8) is 0 Å². The highest BCUT2D eigenvalue weighted by atomic mass is 16.1. The second kappa shape index (κ2) is 3.92. The molecule has 0 radical (unpaired) electrons. The highest BCUT2D eigenvalue weighted by molar-refractivity contribution is 5.84. The summed E-state index contributed by atoms with van der Waals surface area (Å²) >= 11 is 0. The van der Waals surface area contributed by atoms with Crippen LogP contribution in [0.15, 0.2) is 42.6 Å². The van der Waals surface area contributed by atoms with Gasteiger partial charge in [0.1, 0.15) is 0 Å². The van der Waals surface area contributed by atoms with Gasteiger partial charge in [-0.05, 0) is 6.07 Å². The Labute approximate surface area is 87.6 Å². The summed E-state index contributed by atoms with van der Waals surface area (Å²) in [5, 5.41) is 0. The third kappa shape index (κ3) is 1.86. The number of aromatic nitrogens is 1. The zero-order valence-corrected chi connectivity index (χ0v) is 8.05. The Balaban J connectivity index is 2.51. The van der Waals surface area contributed by atoms with Gasteiger partial charge in [0.25, 0.3) is 0 Å². The fraction of sp³-hybridized carbons (Fsp3) is 0. The average Bonchev–Trinajstić information content (AvgIpc) is 2.31. The number of nitrogens with two attached hydrogens (primary N) is 1. The fourth-order valence-corrected chi connectivity index (χ4v) is 1.35. The Morgan fingerprint density at radius 3 is 2.60 bits per heavy atom. The first-order valence-corrected chi connectivity index (χ1v) is 4.57. The van der Waals surface area contributed by atoms with Crippen LogP contribution in [-0.2, 0) is 0 Å². The SMILES string of the molecule is Nc1cnc(-c2ccccc2)cc1C=O. The molecule has 0 aliphatic carbocycles. The first-order chi connectivity index (χ1) is 7.31. The molecule has 1 heterocycles. The number of pyridine rings is 1. The van der Waals surface area contributed by atoms with E-state index in [9.17, 15) is 4.79 Å². The minimum absolute atomic E-state index is 0.407. The summed E-state index contributed by atoms with van der Waals surface area (Å²) in [7, 11) is 0. The molecule has 74 valence electrons. The summed E-state index contributed by atoms with van der Waals surface area (Å²) in [4.78, 5) is 14.9. The van der Waals surface area contributed by atoms with Gasteiger partial charge in [0.2, 0.25) is 0 Å². The van der Waals surface area contributed by atoms with Gasteiger partial charge in [0.15, 0.2) is 6.29 Å². The van der Waals surface area contributed by atoms with E-state index in [0.29, 0.717) is 11.3 Å². The van der Waals surface area contributed by atoms with Gasteiger partial charge in [-0.1, -0.05) is 30.3 Å². The molecule has 1 aromatic heterocycles. The van der Waals surface area contributed by atoms with Crippen LogP contribution < -0.4 is 5.73 Å². The van der Waals surface area contributed by atoms with Crippen molar-refractivity contribution in [2.45, 2.75) is 0 Å². The lowest BCUT2D eigenvalue weighted by Gasteiger charge is -2.02. The molecular formula is C12H10N2O. The predicted octanol–water partition coefficient (Wildman–Crippen LogP) is 2.14. The van der Waals surface area contributed by atoms with Gasteiger partial charge in [-0.25, -0.2) is 0 Å². The first kappa shape index (κ1) is 9.40. The van der Waals surface area contributed by atoms with Crippen LogP contribution in [0.5, 0.6) is 0 Å². The number of carbonyl (C=O) groups excluding carboxylic acids is 1. The molecule has 0 unspecified atom stereocenters. The number of hydrogen-bond acceptors (Lipinski definition) is 3. The van der Waals surface area contributed by atoms with Crippen LogP contribution in [-0.4, -0.2) is 11.3 Å². The van der Waals surface area contributed by atoms with E-state index in [1.807, 2.05) is 30.3 Å². The van der Waals surface area contributed by atoms with Crippen LogP contribution in [0.25, 0.3) is 11.3 Å². The number of nitrogens with zero attached hydrogens (tertiary/aromatic N) is 1. The second-order valence-corrected chi connectivity index (χ2v) is 3.18. The molecule has 3 heteroatoms. The Kier molecular flexibility index (Phi) is 2.46. The van der Waals surface area contributed by atoms with Crippen molar-refractivity contribution in [1.29, 1.82) is 0 Å². The van der Waals surface area contributed by atoms with E-state index < -0.39 is 0 Å². The van der Waals surface area contributed by atoms with Crippen LogP contribution in [0.1, 0.15) is 10.4 Å². The molecule has 1 aromatic carbocycles. The highest BCUT2D eigenvalue weighted by Gasteiger charge is 2.02. The molecule has 0 saturated carbocycles. The van der Waals surface area contributed by atoms with Gasteiger partial charge in [0.05, 0.1) is 17.6 Å². The van der Waals surface area contributed by atoms with Crippen LogP contribution in [0.2, 0.25) is 0 Å². The lowest BCUT2D eigenvalue weighted by atomic mass is 10.1. The molecule has 0 fully saturated rings. The molecule has 0 spiro atoms. The number of aldehydes is 1. The van der Waals surface area contributed by atoms with Crippen LogP contribution in [0.4, 0.5) is 5.69 Å². The van der Waals surface area contributed by atoms with Gasteiger partial charge >= 0.3 is 0 Å². The lowest BCUT2D eigenvalue weighted by Crippen LogP contribution is -1.95. The minimum Gasteiger partial charge on any atom is -0.397 e. The Hall–Kier alpha value is -2.16. The van der Waals surface area contributed by atoms with Gasteiger partial charge in [-0.2, -0.15) is 0 Å². The Bertz CT molecular complexity index is 480. The monoisotopic (exact) mass is 198 g/mol. The number of nitrogen functional groups attached to an aromatic ring is 1. The predicted molar refractivity (Wildman–Crippen MR) is 59.5 cm³/mol. The second-order valence-electron chi connectivity index (χ2n) is 3.18. The Morgan fingerprint density at radius 1 is 1.20 bits per heavy atom. The molecule has 0 amide bonds. The largest absolute Gasteiger partial charge is 0.397 e. The molecule has 2 N–H and O–H groups in total. The zero-order chi connectivity index (χ0) is 10.7. The summed E-state index contributed by atoms with van der Waals surface area (Å²) in [6.07, 6.45) is 2.25. The maximum atomic E-state index is 10.7. The first-order valence-electron chi connectivity index (χ1n) is 4.57. The van der Waals surface area contributed by atoms with Crippen LogP contribution >= 0.6 is 0 Å². The summed E-state index contributed by atoms with van der Waals surface area (Å²) in [5.41, 5.74) is 8.20. The molecule has 0 aliphatic rings. The van der Waals surface area contributed by atoms with Crippen molar-refractivity contribution in [3.05, 3.63) is 48.2 Å². The molecule has 2 aromatic rings. The van der Waals surface area contributed by atoms with Crippen LogP contribution in [0.3, 0.4) is 0 Å². The molecule has 2 rings (SSSR count). The number of carbonyl (C=O) groups is 1. The quantitative estimate of drug-likeness (QED) is 0.752. The van der Waals surface area contributed by atoms with Crippen molar-refractivity contribution < 1.29 is 4.79 Å². The maximum Gasteiger partial charge on any atom is 0.152 e. The van der Waals surface area contributed by atoms with Crippen LogP contribution in [0, 0.1) is 0 Å². The Morgan fingerprint density at radius 2 is 1.93 bits per heavy atom. The number of hydrogen-bond donors (Lipinski definition) is 1. The minimum atomic E-state index is 0.407. The van der Waals surface area contributed by atoms with E-state index in [2.05, 4.69) is 4.98 Å². The zero-order valence-electron chi connectivity index (χ0n) is 8.05. The van der Waals surface area contributed by atoms with Gasteiger partial charge in [-0.15, -0.1) is 0 Å². The number of rotatable bonds is 2. The third-order valence-electron chi connectivity index (χ3n) is 2.16. The smallest absolute Gasteiger partial charge is 0.152 e. The summed E-state index contributed by atoms with van der Waals surface area (Å²) < 4.78 is 0. The molecule has 0 aliphatic heterocycles. The van der Waals surface area contributed by atoms with E-state index in [4.69, 9.17) is 5.73 Å². The standard InChI is InChI=1S/C12H10N2O/c13-11-7-14-12(6-10(11)8-15)9-4-2-1-3-5-9/h1-8H,13H2. The third-order valence-corrected chi connectivity index (χ3v) is 2.16. The van der Waals surface area contributed by atoms with E-state index in [-0.39, 0.29) is 0 Å². The summed E-state index contributed by atoms with van der Waals surface area (Å²) in [5.74, 6) is 0. The van der Waals surface area contributed by atoms with Crippen molar-refractivity contribution in [2.24, 2.45) is 0 Å². The number of benzene rings is 1. The molecule has 0 saturated heterocycles. The molecule has 3 nitrogen and oxygen atoms in total. The van der Waals surface area contributed by atoms with Gasteiger partial charge in [0, 0.05) is 11.1 Å². The topological polar surface area (TPSA) is 56.0 Å². The van der Waals surface area contributed by atoms with E-state index in [1.54, 1.807) is 6.07 Å².